The highest BCUT2D eigenvalue weighted by atomic mass is 15.0. The molecule has 1 aliphatic heterocycles. The van der Waals surface area contributed by atoms with Gasteiger partial charge in [-0.15, -0.1) is 0 Å². The first-order chi connectivity index (χ1) is 5.95. The zero-order valence-electron chi connectivity index (χ0n) is 7.68. The van der Waals surface area contributed by atoms with Crippen LogP contribution in [0.25, 0.3) is 0 Å². The van der Waals surface area contributed by atoms with Crippen LogP contribution in [-0.4, -0.2) is 18.9 Å². The van der Waals surface area contributed by atoms with Gasteiger partial charge in [0.25, 0.3) is 0 Å². The standard InChI is InChI=1S/C10H18N2/c1-2-7-11-10(6-1)12-8-9-4-3-5-9/h9H,1-8H2,(H,11,12). The largest absolute Gasteiger partial charge is 0.374 e. The molecular weight excluding hydrogens is 148 g/mol. The van der Waals surface area contributed by atoms with Crippen LogP contribution in [0.4, 0.5) is 0 Å². The predicted octanol–water partition coefficient (Wildman–Crippen LogP) is 1.96. The van der Waals surface area contributed by atoms with Crippen molar-refractivity contribution in [2.24, 2.45) is 10.9 Å². The topological polar surface area (TPSA) is 24.4 Å². The molecule has 2 aliphatic rings. The highest BCUT2D eigenvalue weighted by Gasteiger charge is 2.17. The maximum Gasteiger partial charge on any atom is 0.0963 e. The predicted molar refractivity (Wildman–Crippen MR) is 51.5 cm³/mol. The maximum absolute atomic E-state index is 4.47. The molecule has 0 spiro atoms. The lowest BCUT2D eigenvalue weighted by molar-refractivity contribution is 0.314. The van der Waals surface area contributed by atoms with Gasteiger partial charge in [0.2, 0.25) is 0 Å². The molecule has 2 nitrogen and oxygen atoms in total. The van der Waals surface area contributed by atoms with E-state index in [1.54, 1.807) is 0 Å². The molecule has 1 heterocycles. The van der Waals surface area contributed by atoms with E-state index in [0.29, 0.717) is 0 Å². The molecular formula is C10H18N2. The number of hydrogen-bond donors (Lipinski definition) is 1. The van der Waals surface area contributed by atoms with E-state index in [9.17, 15) is 0 Å². The SMILES string of the molecule is C1CCC(NCC2CCC2)=NC1. The molecule has 0 aromatic carbocycles. The Bertz CT molecular complexity index is 171. The Morgan fingerprint density at radius 1 is 1.25 bits per heavy atom. The van der Waals surface area contributed by atoms with Crippen molar-refractivity contribution in [3.63, 3.8) is 0 Å². The summed E-state index contributed by atoms with van der Waals surface area (Å²) >= 11 is 0. The lowest BCUT2D eigenvalue weighted by Crippen LogP contribution is -2.33. The fraction of sp³-hybridized carbons (Fsp3) is 0.900. The van der Waals surface area contributed by atoms with Crippen molar-refractivity contribution < 1.29 is 0 Å². The van der Waals surface area contributed by atoms with Crippen molar-refractivity contribution >= 4 is 5.84 Å². The Morgan fingerprint density at radius 2 is 2.17 bits per heavy atom. The van der Waals surface area contributed by atoms with Gasteiger partial charge in [-0.25, -0.2) is 0 Å². The first-order valence-electron chi connectivity index (χ1n) is 5.22. The van der Waals surface area contributed by atoms with Gasteiger partial charge in [-0.2, -0.15) is 0 Å². The highest BCUT2D eigenvalue weighted by molar-refractivity contribution is 5.82. The van der Waals surface area contributed by atoms with Crippen LogP contribution < -0.4 is 5.32 Å². The van der Waals surface area contributed by atoms with E-state index in [-0.39, 0.29) is 0 Å². The van der Waals surface area contributed by atoms with Gasteiger partial charge in [0.15, 0.2) is 0 Å². The quantitative estimate of drug-likeness (QED) is 0.666. The molecule has 2 heteroatoms. The Balaban J connectivity index is 1.67. The number of aliphatic imine (C=N–C) groups is 1. The second-order valence-electron chi connectivity index (χ2n) is 3.96. The van der Waals surface area contributed by atoms with Gasteiger partial charge in [-0.3, -0.25) is 4.99 Å². The lowest BCUT2D eigenvalue weighted by Gasteiger charge is -2.26. The Kier molecular flexibility index (Phi) is 2.64. The minimum Gasteiger partial charge on any atom is -0.374 e. The smallest absolute Gasteiger partial charge is 0.0963 e. The van der Waals surface area contributed by atoms with Gasteiger partial charge in [0.1, 0.15) is 0 Å². The van der Waals surface area contributed by atoms with E-state index in [1.165, 1.54) is 50.9 Å². The first kappa shape index (κ1) is 8.09. The van der Waals surface area contributed by atoms with Crippen LogP contribution in [0.1, 0.15) is 38.5 Å². The van der Waals surface area contributed by atoms with Crippen molar-refractivity contribution in [2.45, 2.75) is 38.5 Å². The van der Waals surface area contributed by atoms with E-state index >= 15 is 0 Å². The molecule has 0 atom stereocenters. The summed E-state index contributed by atoms with van der Waals surface area (Å²) in [5.41, 5.74) is 0. The Labute approximate surface area is 74.5 Å². The summed E-state index contributed by atoms with van der Waals surface area (Å²) in [5.74, 6) is 2.22. The van der Waals surface area contributed by atoms with Gasteiger partial charge in [-0.05, 0) is 31.6 Å². The lowest BCUT2D eigenvalue weighted by atomic mass is 9.85. The summed E-state index contributed by atoms with van der Waals surface area (Å²) in [5, 5.41) is 3.47. The maximum atomic E-state index is 4.47. The first-order valence-corrected chi connectivity index (χ1v) is 5.22. The average Bonchev–Trinajstić information content (AvgIpc) is 2.04. The molecule has 0 aromatic heterocycles. The van der Waals surface area contributed by atoms with Gasteiger partial charge in [-0.1, -0.05) is 6.42 Å². The van der Waals surface area contributed by atoms with Crippen LogP contribution >= 0.6 is 0 Å². The normalized spacial score (nSPS) is 24.5. The number of hydrogen-bond acceptors (Lipinski definition) is 2. The van der Waals surface area contributed by atoms with Crippen LogP contribution in [0.5, 0.6) is 0 Å². The molecule has 0 radical (unpaired) electrons. The molecule has 0 unspecified atom stereocenters. The van der Waals surface area contributed by atoms with Gasteiger partial charge in [0.05, 0.1) is 5.84 Å². The van der Waals surface area contributed by atoms with E-state index < -0.39 is 0 Å². The van der Waals surface area contributed by atoms with E-state index in [2.05, 4.69) is 10.3 Å². The van der Waals surface area contributed by atoms with Crippen molar-refractivity contribution in [1.29, 1.82) is 0 Å². The third-order valence-corrected chi connectivity index (χ3v) is 2.94. The van der Waals surface area contributed by atoms with Gasteiger partial charge in [0, 0.05) is 19.5 Å². The molecule has 68 valence electrons. The summed E-state index contributed by atoms with van der Waals surface area (Å²) in [7, 11) is 0. The minimum absolute atomic E-state index is 0.953. The van der Waals surface area contributed by atoms with Crippen LogP contribution in [0.2, 0.25) is 0 Å². The van der Waals surface area contributed by atoms with Crippen LogP contribution in [-0.2, 0) is 0 Å². The van der Waals surface area contributed by atoms with E-state index in [0.717, 1.165) is 12.5 Å². The molecule has 12 heavy (non-hydrogen) atoms. The second kappa shape index (κ2) is 3.92. The molecule has 1 saturated carbocycles. The molecule has 1 fully saturated rings. The molecule has 0 saturated heterocycles. The third kappa shape index (κ3) is 1.99. The Hall–Kier alpha value is -0.530. The molecule has 0 bridgehead atoms. The molecule has 1 N–H and O–H groups in total. The van der Waals surface area contributed by atoms with E-state index in [4.69, 9.17) is 0 Å². The van der Waals surface area contributed by atoms with Crippen LogP contribution in [0, 0.1) is 5.92 Å². The van der Waals surface area contributed by atoms with Crippen molar-refractivity contribution in [3.8, 4) is 0 Å². The van der Waals surface area contributed by atoms with Crippen molar-refractivity contribution in [2.75, 3.05) is 13.1 Å². The average molecular weight is 166 g/mol. The van der Waals surface area contributed by atoms with E-state index in [1.807, 2.05) is 0 Å². The van der Waals surface area contributed by atoms with Crippen molar-refractivity contribution in [3.05, 3.63) is 0 Å². The monoisotopic (exact) mass is 166 g/mol. The fourth-order valence-electron chi connectivity index (χ4n) is 1.80. The zero-order valence-corrected chi connectivity index (χ0v) is 7.68. The molecule has 0 amide bonds. The number of rotatable bonds is 2. The number of nitrogens with one attached hydrogen (secondary N) is 1. The number of nitrogens with zero attached hydrogens (tertiary/aromatic N) is 1. The number of amidine groups is 1. The molecule has 1 aliphatic carbocycles. The van der Waals surface area contributed by atoms with Gasteiger partial charge < -0.3 is 5.32 Å². The summed E-state index contributed by atoms with van der Waals surface area (Å²) in [6.45, 7) is 2.23. The molecule has 2 rings (SSSR count). The fourth-order valence-corrected chi connectivity index (χ4v) is 1.80. The zero-order chi connectivity index (χ0) is 8.23. The highest BCUT2D eigenvalue weighted by Crippen LogP contribution is 2.25. The van der Waals surface area contributed by atoms with Crippen LogP contribution in [0.15, 0.2) is 4.99 Å². The second-order valence-corrected chi connectivity index (χ2v) is 3.96. The Morgan fingerprint density at radius 3 is 2.75 bits per heavy atom. The van der Waals surface area contributed by atoms with Crippen molar-refractivity contribution in [1.82, 2.24) is 5.32 Å². The van der Waals surface area contributed by atoms with Gasteiger partial charge >= 0.3 is 0 Å². The minimum atomic E-state index is 0.953. The summed E-state index contributed by atoms with van der Waals surface area (Å²) in [4.78, 5) is 4.47. The molecule has 0 aromatic rings. The third-order valence-electron chi connectivity index (χ3n) is 2.94. The summed E-state index contributed by atoms with van der Waals surface area (Å²) < 4.78 is 0. The van der Waals surface area contributed by atoms with Crippen LogP contribution in [0.3, 0.4) is 0 Å². The summed E-state index contributed by atoms with van der Waals surface area (Å²) in [6, 6.07) is 0. The summed E-state index contributed by atoms with van der Waals surface area (Å²) in [6.07, 6.45) is 8.11.